The third-order valence-corrected chi connectivity index (χ3v) is 6.58. The number of aromatic nitrogens is 2. The number of nitrogens with zero attached hydrogens (tertiary/aromatic N) is 4. The van der Waals surface area contributed by atoms with Crippen LogP contribution in [0.3, 0.4) is 0 Å². The summed E-state index contributed by atoms with van der Waals surface area (Å²) >= 11 is -1.36. The van der Waals surface area contributed by atoms with Crippen LogP contribution in [0.2, 0.25) is 0 Å². The molecule has 0 aromatic carbocycles. The summed E-state index contributed by atoms with van der Waals surface area (Å²) in [4.78, 5) is 37.2. The maximum atomic E-state index is 13.5. The summed E-state index contributed by atoms with van der Waals surface area (Å²) in [7, 11) is 1.52. The molecule has 1 N–H and O–H groups in total. The van der Waals surface area contributed by atoms with Crippen LogP contribution >= 0.6 is 0 Å². The number of hydrogen-bond donors (Lipinski definition) is 1. The molecule has 1 aromatic rings. The van der Waals surface area contributed by atoms with Crippen molar-refractivity contribution >= 4 is 28.8 Å². The predicted molar refractivity (Wildman–Crippen MR) is 93.6 cm³/mol. The summed E-state index contributed by atoms with van der Waals surface area (Å²) in [5.74, 6) is -0.0107. The summed E-state index contributed by atoms with van der Waals surface area (Å²) in [5.41, 5.74) is -0.481. The number of carbonyl (C=O) groups is 2. The van der Waals surface area contributed by atoms with Crippen LogP contribution in [-0.2, 0) is 27.2 Å². The highest BCUT2D eigenvalue weighted by molar-refractivity contribution is 7.90. The second-order valence-electron chi connectivity index (χ2n) is 7.46. The minimum atomic E-state index is -1.36. The van der Waals surface area contributed by atoms with Gasteiger partial charge in [0.15, 0.2) is 0 Å². The highest BCUT2D eigenvalue weighted by Crippen LogP contribution is 2.47. The minimum Gasteiger partial charge on any atom is -0.609 e. The van der Waals surface area contributed by atoms with Crippen molar-refractivity contribution in [2.24, 2.45) is 5.41 Å². The Morgan fingerprint density at radius 1 is 1.31 bits per heavy atom. The van der Waals surface area contributed by atoms with Crippen LogP contribution in [0, 0.1) is 5.41 Å². The van der Waals surface area contributed by atoms with E-state index in [0.29, 0.717) is 11.4 Å². The molecule has 140 valence electrons. The molecule has 4 rings (SSSR count). The van der Waals surface area contributed by atoms with E-state index in [1.807, 2.05) is 0 Å². The number of rotatable bonds is 2. The SMILES string of the molecule is CN1C(=O)CC2(Cc3cnc([S+](C)[O-])nc3N(C3CCCC3)C2=O)C1O. The summed E-state index contributed by atoms with van der Waals surface area (Å²) in [6.45, 7) is 0. The number of anilines is 1. The lowest BCUT2D eigenvalue weighted by Gasteiger charge is -2.43. The van der Waals surface area contributed by atoms with E-state index in [0.717, 1.165) is 25.7 Å². The quantitative estimate of drug-likeness (QED) is 0.582. The summed E-state index contributed by atoms with van der Waals surface area (Å²) < 4.78 is 11.8. The van der Waals surface area contributed by atoms with Crippen LogP contribution in [0.25, 0.3) is 0 Å². The highest BCUT2D eigenvalue weighted by Gasteiger charge is 2.60. The van der Waals surface area contributed by atoms with Crippen LogP contribution in [0.1, 0.15) is 37.7 Å². The Labute approximate surface area is 154 Å². The lowest BCUT2D eigenvalue weighted by atomic mass is 9.75. The first-order chi connectivity index (χ1) is 12.3. The number of hydrogen-bond acceptors (Lipinski definition) is 6. The zero-order valence-electron chi connectivity index (χ0n) is 14.8. The molecule has 3 heterocycles. The van der Waals surface area contributed by atoms with Crippen molar-refractivity contribution in [2.75, 3.05) is 18.2 Å². The molecule has 1 saturated carbocycles. The molecule has 1 saturated heterocycles. The molecule has 0 radical (unpaired) electrons. The highest BCUT2D eigenvalue weighted by atomic mass is 32.2. The van der Waals surface area contributed by atoms with E-state index in [1.54, 1.807) is 11.1 Å². The maximum Gasteiger partial charge on any atom is 0.344 e. The first kappa shape index (κ1) is 17.7. The molecule has 9 heteroatoms. The fourth-order valence-corrected chi connectivity index (χ4v) is 4.86. The smallest absolute Gasteiger partial charge is 0.344 e. The zero-order chi connectivity index (χ0) is 18.6. The number of aliphatic hydroxyl groups is 1. The second kappa shape index (κ2) is 6.17. The van der Waals surface area contributed by atoms with E-state index in [1.165, 1.54) is 18.2 Å². The first-order valence-electron chi connectivity index (χ1n) is 8.82. The number of carbonyl (C=O) groups excluding carboxylic acids is 2. The third-order valence-electron chi connectivity index (χ3n) is 5.87. The molecule has 1 aliphatic carbocycles. The van der Waals surface area contributed by atoms with Crippen LogP contribution in [-0.4, -0.2) is 61.9 Å². The standard InChI is InChI=1S/C17H22N4O4S/c1-20-12(22)8-17(14(20)23)7-10-9-18-16(26(2)25)19-13(10)21(15(17)24)11-5-3-4-6-11/h9,11,14,23H,3-8H2,1-2H3. The Hall–Kier alpha value is -1.71. The van der Waals surface area contributed by atoms with Gasteiger partial charge in [0.25, 0.3) is 0 Å². The fourth-order valence-electron chi connectivity index (χ4n) is 4.44. The summed E-state index contributed by atoms with van der Waals surface area (Å²) in [6, 6.07) is -0.0142. The summed E-state index contributed by atoms with van der Waals surface area (Å²) in [5, 5.41) is 10.9. The van der Waals surface area contributed by atoms with Crippen LogP contribution in [0.5, 0.6) is 0 Å². The fraction of sp³-hybridized carbons (Fsp3) is 0.647. The van der Waals surface area contributed by atoms with Crippen LogP contribution < -0.4 is 4.90 Å². The molecule has 2 amide bonds. The molecule has 3 atom stereocenters. The van der Waals surface area contributed by atoms with Gasteiger partial charge in [0.05, 0.1) is 0 Å². The van der Waals surface area contributed by atoms with Gasteiger partial charge in [-0.05, 0) is 19.3 Å². The zero-order valence-corrected chi connectivity index (χ0v) is 15.7. The van der Waals surface area contributed by atoms with Gasteiger partial charge in [0.1, 0.15) is 23.7 Å². The Morgan fingerprint density at radius 2 is 2.00 bits per heavy atom. The minimum absolute atomic E-state index is 0.0142. The van der Waals surface area contributed by atoms with E-state index in [9.17, 15) is 19.2 Å². The van der Waals surface area contributed by atoms with Crippen molar-refractivity contribution in [3.05, 3.63) is 11.8 Å². The van der Waals surface area contributed by atoms with Gasteiger partial charge >= 0.3 is 5.16 Å². The Bertz CT molecular complexity index is 767. The van der Waals surface area contributed by atoms with E-state index in [-0.39, 0.29) is 35.9 Å². The topological polar surface area (TPSA) is 110 Å². The van der Waals surface area contributed by atoms with Crippen molar-refractivity contribution in [2.45, 2.75) is 56.0 Å². The molecule has 8 nitrogen and oxygen atoms in total. The van der Waals surface area contributed by atoms with Crippen molar-refractivity contribution in [1.82, 2.24) is 14.9 Å². The molecule has 1 spiro atoms. The van der Waals surface area contributed by atoms with E-state index in [2.05, 4.69) is 9.97 Å². The van der Waals surface area contributed by atoms with Gasteiger partial charge in [-0.25, -0.2) is 0 Å². The monoisotopic (exact) mass is 378 g/mol. The average molecular weight is 378 g/mol. The molecule has 0 bridgehead atoms. The van der Waals surface area contributed by atoms with E-state index < -0.39 is 22.8 Å². The van der Waals surface area contributed by atoms with Gasteiger partial charge < -0.3 is 14.6 Å². The summed E-state index contributed by atoms with van der Waals surface area (Å²) in [6.07, 6.45) is 5.87. The predicted octanol–water partition coefficient (Wildman–Crippen LogP) is 0.213. The van der Waals surface area contributed by atoms with Crippen LogP contribution in [0.4, 0.5) is 5.82 Å². The van der Waals surface area contributed by atoms with Gasteiger partial charge in [0.2, 0.25) is 11.8 Å². The Morgan fingerprint density at radius 3 is 2.58 bits per heavy atom. The largest absolute Gasteiger partial charge is 0.609 e. The van der Waals surface area contributed by atoms with Gasteiger partial charge in [-0.2, -0.15) is 9.97 Å². The maximum absolute atomic E-state index is 13.5. The molecule has 26 heavy (non-hydrogen) atoms. The van der Waals surface area contributed by atoms with Crippen molar-refractivity contribution in [1.29, 1.82) is 0 Å². The Balaban J connectivity index is 1.84. The number of aliphatic hydroxyl groups excluding tert-OH is 1. The molecule has 2 aliphatic heterocycles. The number of fused-ring (bicyclic) bond motifs is 1. The number of likely N-dealkylation sites (tertiary alicyclic amines) is 1. The van der Waals surface area contributed by atoms with Gasteiger partial charge in [-0.3, -0.25) is 14.5 Å². The number of amides is 2. The molecular formula is C17H22N4O4S. The van der Waals surface area contributed by atoms with Gasteiger partial charge in [-0.15, -0.1) is 0 Å². The second-order valence-corrected chi connectivity index (χ2v) is 8.73. The lowest BCUT2D eigenvalue weighted by molar-refractivity contribution is -0.140. The van der Waals surface area contributed by atoms with E-state index in [4.69, 9.17) is 0 Å². The van der Waals surface area contributed by atoms with Gasteiger partial charge in [0, 0.05) is 42.4 Å². The van der Waals surface area contributed by atoms with Crippen molar-refractivity contribution in [3.8, 4) is 0 Å². The van der Waals surface area contributed by atoms with Gasteiger partial charge in [-0.1, -0.05) is 12.8 Å². The third kappa shape index (κ3) is 2.44. The van der Waals surface area contributed by atoms with Crippen LogP contribution in [0.15, 0.2) is 11.4 Å². The molecule has 2 fully saturated rings. The Kier molecular flexibility index (Phi) is 4.20. The molecule has 3 aliphatic rings. The molecule has 3 unspecified atom stereocenters. The van der Waals surface area contributed by atoms with Crippen molar-refractivity contribution < 1.29 is 19.2 Å². The molecular weight excluding hydrogens is 356 g/mol. The van der Waals surface area contributed by atoms with E-state index >= 15 is 0 Å². The van der Waals surface area contributed by atoms with Crippen molar-refractivity contribution in [3.63, 3.8) is 0 Å². The lowest BCUT2D eigenvalue weighted by Crippen LogP contribution is -2.57. The molecule has 1 aromatic heterocycles. The first-order valence-corrected chi connectivity index (χ1v) is 10.4. The average Bonchev–Trinajstić information content (AvgIpc) is 3.20. The normalized spacial score (nSPS) is 30.4.